The Balaban J connectivity index is 2.14. The van der Waals surface area contributed by atoms with Crippen molar-refractivity contribution < 1.29 is 9.31 Å². The number of rotatable bonds is 6. The van der Waals surface area contributed by atoms with Gasteiger partial charge in [0.15, 0.2) is 0 Å². The predicted molar refractivity (Wildman–Crippen MR) is 80.8 cm³/mol. The summed E-state index contributed by atoms with van der Waals surface area (Å²) in [6.07, 6.45) is 6.16. The highest BCUT2D eigenvalue weighted by Gasteiger charge is 2.27. The number of halogens is 1. The second-order valence-corrected chi connectivity index (χ2v) is 5.84. The van der Waals surface area contributed by atoms with E-state index in [0.717, 1.165) is 38.3 Å². The van der Waals surface area contributed by atoms with E-state index in [-0.39, 0.29) is 5.69 Å². The van der Waals surface area contributed by atoms with Gasteiger partial charge in [0, 0.05) is 17.7 Å². The molecule has 2 rings (SSSR count). The topological polar surface area (TPSA) is 55.2 Å². The van der Waals surface area contributed by atoms with Crippen LogP contribution >= 0.6 is 0 Å². The zero-order chi connectivity index (χ0) is 15.2. The van der Waals surface area contributed by atoms with E-state index in [2.05, 4.69) is 12.2 Å². The molecule has 1 fully saturated rings. The fourth-order valence-corrected chi connectivity index (χ4v) is 3.23. The first-order valence-electron chi connectivity index (χ1n) is 7.78. The van der Waals surface area contributed by atoms with Crippen molar-refractivity contribution in [2.24, 2.45) is 5.92 Å². The lowest BCUT2D eigenvalue weighted by atomic mass is 9.80. The smallest absolute Gasteiger partial charge is 0.272 e. The molecule has 0 radical (unpaired) electrons. The highest BCUT2D eigenvalue weighted by atomic mass is 19.1. The van der Waals surface area contributed by atoms with Crippen LogP contribution < -0.4 is 5.32 Å². The van der Waals surface area contributed by atoms with Crippen molar-refractivity contribution in [3.8, 4) is 0 Å². The first kappa shape index (κ1) is 15.9. The van der Waals surface area contributed by atoms with E-state index in [1.165, 1.54) is 18.6 Å². The number of benzene rings is 1. The number of nitro groups is 1. The fourth-order valence-electron chi connectivity index (χ4n) is 3.23. The number of hydrogen-bond donors (Lipinski definition) is 1. The van der Waals surface area contributed by atoms with Gasteiger partial charge in [-0.3, -0.25) is 10.1 Å². The molecule has 0 heterocycles. The Bertz CT molecular complexity index is 493. The third-order valence-electron chi connectivity index (χ3n) is 4.29. The van der Waals surface area contributed by atoms with Crippen molar-refractivity contribution in [3.63, 3.8) is 0 Å². The minimum atomic E-state index is -0.411. The molecule has 0 amide bonds. The largest absolute Gasteiger partial charge is 0.314 e. The van der Waals surface area contributed by atoms with Gasteiger partial charge in [0.1, 0.15) is 5.82 Å². The number of hydrogen-bond acceptors (Lipinski definition) is 3. The van der Waals surface area contributed by atoms with Gasteiger partial charge in [0.05, 0.1) is 4.92 Å². The van der Waals surface area contributed by atoms with Crippen LogP contribution in [0.3, 0.4) is 0 Å². The molecule has 0 aliphatic heterocycles. The van der Waals surface area contributed by atoms with Gasteiger partial charge in [0.2, 0.25) is 0 Å². The lowest BCUT2D eigenvalue weighted by Gasteiger charge is -2.32. The number of nitrogens with zero attached hydrogens (tertiary/aromatic N) is 1. The van der Waals surface area contributed by atoms with Crippen LogP contribution in [0.4, 0.5) is 10.1 Å². The highest BCUT2D eigenvalue weighted by molar-refractivity contribution is 5.40. The van der Waals surface area contributed by atoms with Gasteiger partial charge in [0.25, 0.3) is 5.69 Å². The average molecular weight is 294 g/mol. The Morgan fingerprint density at radius 2 is 2.14 bits per heavy atom. The SMILES string of the molecule is CCCNC1CCCCC1Cc1cc(F)ccc1[N+](=O)[O-]. The molecule has 1 aromatic carbocycles. The quantitative estimate of drug-likeness (QED) is 0.640. The van der Waals surface area contributed by atoms with Crippen LogP contribution in [0.5, 0.6) is 0 Å². The van der Waals surface area contributed by atoms with E-state index in [1.807, 2.05) is 0 Å². The number of nitrogens with one attached hydrogen (secondary N) is 1. The first-order valence-corrected chi connectivity index (χ1v) is 7.78. The zero-order valence-corrected chi connectivity index (χ0v) is 12.5. The van der Waals surface area contributed by atoms with Crippen molar-refractivity contribution in [2.75, 3.05) is 6.54 Å². The monoisotopic (exact) mass is 294 g/mol. The molecule has 1 aromatic rings. The maximum atomic E-state index is 13.4. The van der Waals surface area contributed by atoms with Crippen LogP contribution in [-0.4, -0.2) is 17.5 Å². The molecule has 1 aliphatic rings. The molecule has 0 spiro atoms. The van der Waals surface area contributed by atoms with Crippen molar-refractivity contribution in [3.05, 3.63) is 39.7 Å². The average Bonchev–Trinajstić information content (AvgIpc) is 2.46. The molecule has 2 unspecified atom stereocenters. The maximum absolute atomic E-state index is 13.4. The molecule has 0 saturated heterocycles. The highest BCUT2D eigenvalue weighted by Crippen LogP contribution is 2.31. The second kappa shape index (κ2) is 7.50. The van der Waals surface area contributed by atoms with Gasteiger partial charge >= 0.3 is 0 Å². The minimum Gasteiger partial charge on any atom is -0.314 e. The van der Waals surface area contributed by atoms with Crippen molar-refractivity contribution >= 4 is 5.69 Å². The summed E-state index contributed by atoms with van der Waals surface area (Å²) < 4.78 is 13.4. The van der Waals surface area contributed by atoms with Crippen LogP contribution in [0.2, 0.25) is 0 Å². The van der Waals surface area contributed by atoms with Gasteiger partial charge in [-0.1, -0.05) is 19.8 Å². The van der Waals surface area contributed by atoms with Crippen molar-refractivity contribution in [1.29, 1.82) is 0 Å². The normalized spacial score (nSPS) is 22.2. The molecule has 116 valence electrons. The van der Waals surface area contributed by atoms with E-state index < -0.39 is 10.7 Å². The zero-order valence-electron chi connectivity index (χ0n) is 12.5. The molecule has 4 nitrogen and oxygen atoms in total. The van der Waals surface area contributed by atoms with Gasteiger partial charge < -0.3 is 5.32 Å². The molecule has 2 atom stereocenters. The Morgan fingerprint density at radius 3 is 2.86 bits per heavy atom. The third kappa shape index (κ3) is 4.24. The fraction of sp³-hybridized carbons (Fsp3) is 0.625. The van der Waals surface area contributed by atoms with Crippen LogP contribution in [0.1, 0.15) is 44.6 Å². The molecule has 1 N–H and O–H groups in total. The molecule has 5 heteroatoms. The lowest BCUT2D eigenvalue weighted by Crippen LogP contribution is -2.39. The summed E-state index contributed by atoms with van der Waals surface area (Å²) in [5.74, 6) is -0.0460. The third-order valence-corrected chi connectivity index (χ3v) is 4.29. The summed E-state index contributed by atoms with van der Waals surface area (Å²) in [7, 11) is 0. The van der Waals surface area contributed by atoms with Crippen molar-refractivity contribution in [1.82, 2.24) is 5.32 Å². The van der Waals surface area contributed by atoms with Crippen molar-refractivity contribution in [2.45, 2.75) is 51.5 Å². The second-order valence-electron chi connectivity index (χ2n) is 5.84. The minimum absolute atomic E-state index is 0.0382. The Labute approximate surface area is 124 Å². The van der Waals surface area contributed by atoms with Gasteiger partial charge in [-0.25, -0.2) is 4.39 Å². The predicted octanol–water partition coefficient (Wildman–Crippen LogP) is 3.83. The van der Waals surface area contributed by atoms with Gasteiger partial charge in [-0.2, -0.15) is 0 Å². The molecular weight excluding hydrogens is 271 g/mol. The summed E-state index contributed by atoms with van der Waals surface area (Å²) in [5.41, 5.74) is 0.561. The molecule has 1 saturated carbocycles. The van der Waals surface area contributed by atoms with E-state index in [9.17, 15) is 14.5 Å². The Morgan fingerprint density at radius 1 is 1.38 bits per heavy atom. The maximum Gasteiger partial charge on any atom is 0.272 e. The van der Waals surface area contributed by atoms with Crippen LogP contribution in [-0.2, 0) is 6.42 Å². The van der Waals surface area contributed by atoms with Crippen LogP contribution in [0.25, 0.3) is 0 Å². The lowest BCUT2D eigenvalue weighted by molar-refractivity contribution is -0.385. The standard InChI is InChI=1S/C16H23FN2O2/c1-2-9-18-15-6-4-3-5-12(15)10-13-11-14(17)7-8-16(13)19(20)21/h7-8,11-12,15,18H,2-6,9-10H2,1H3. The Hall–Kier alpha value is -1.49. The Kier molecular flexibility index (Phi) is 5.67. The van der Waals surface area contributed by atoms with Gasteiger partial charge in [-0.05, 0) is 50.3 Å². The van der Waals surface area contributed by atoms with Gasteiger partial charge in [-0.15, -0.1) is 0 Å². The summed E-state index contributed by atoms with van der Waals surface area (Å²) in [4.78, 5) is 10.7. The summed E-state index contributed by atoms with van der Waals surface area (Å²) >= 11 is 0. The number of nitro benzene ring substituents is 1. The van der Waals surface area contributed by atoms with E-state index >= 15 is 0 Å². The van der Waals surface area contributed by atoms with E-state index in [1.54, 1.807) is 0 Å². The van der Waals surface area contributed by atoms with Crippen LogP contribution in [0, 0.1) is 21.8 Å². The molecule has 21 heavy (non-hydrogen) atoms. The molecular formula is C16H23FN2O2. The summed E-state index contributed by atoms with van der Waals surface area (Å²) in [6.45, 7) is 3.09. The summed E-state index contributed by atoms with van der Waals surface area (Å²) in [5, 5.41) is 14.6. The first-order chi connectivity index (χ1) is 10.1. The van der Waals surface area contributed by atoms with E-state index in [4.69, 9.17) is 0 Å². The molecule has 1 aliphatic carbocycles. The molecule has 0 bridgehead atoms. The summed E-state index contributed by atoms with van der Waals surface area (Å²) in [6, 6.07) is 4.16. The molecule has 0 aromatic heterocycles. The van der Waals surface area contributed by atoms with Crippen LogP contribution in [0.15, 0.2) is 18.2 Å². The van der Waals surface area contributed by atoms with E-state index in [0.29, 0.717) is 23.9 Å².